The lowest BCUT2D eigenvalue weighted by Gasteiger charge is -2.26. The fraction of sp³-hybridized carbons (Fsp3) is 0.429. The van der Waals surface area contributed by atoms with E-state index in [1.807, 2.05) is 36.4 Å². The Morgan fingerprint density at radius 1 is 0.815 bits per heavy atom. The van der Waals surface area contributed by atoms with Crippen LogP contribution in [0, 0.1) is 0 Å². The molecule has 2 atom stereocenters. The lowest BCUT2D eigenvalue weighted by Crippen LogP contribution is -2.21. The summed E-state index contributed by atoms with van der Waals surface area (Å²) in [6.07, 6.45) is -2.01. The number of aliphatic hydroxyl groups excluding tert-OH is 3. The SMILES string of the molecule is CC(C)(c1ccc(OC[C@@H](O)CO)cc1)c1ccc(OC[C@@H](O)CF)cc1. The normalized spacial score (nSPS) is 13.9. The highest BCUT2D eigenvalue weighted by molar-refractivity contribution is 5.41. The average molecular weight is 378 g/mol. The molecule has 0 radical (unpaired) electrons. The summed E-state index contributed by atoms with van der Waals surface area (Å²) < 4.78 is 23.1. The number of ether oxygens (including phenoxy) is 2. The monoisotopic (exact) mass is 378 g/mol. The van der Waals surface area contributed by atoms with Crippen LogP contribution in [0.25, 0.3) is 0 Å². The van der Waals surface area contributed by atoms with Gasteiger partial charge in [0, 0.05) is 5.41 Å². The van der Waals surface area contributed by atoms with E-state index in [9.17, 15) is 14.6 Å². The molecule has 0 unspecified atom stereocenters. The molecule has 0 heterocycles. The first kappa shape index (κ1) is 21.2. The molecule has 2 aromatic rings. The van der Waals surface area contributed by atoms with Gasteiger partial charge >= 0.3 is 0 Å². The van der Waals surface area contributed by atoms with Crippen LogP contribution < -0.4 is 9.47 Å². The maximum Gasteiger partial charge on any atom is 0.119 e. The van der Waals surface area contributed by atoms with Crippen LogP contribution in [-0.4, -0.2) is 54.0 Å². The molecule has 2 aromatic carbocycles. The predicted octanol–water partition coefficient (Wildman–Crippen LogP) is 2.45. The van der Waals surface area contributed by atoms with Crippen molar-refractivity contribution >= 4 is 0 Å². The Morgan fingerprint density at radius 3 is 1.59 bits per heavy atom. The summed E-state index contributed by atoms with van der Waals surface area (Å²) in [4.78, 5) is 0. The summed E-state index contributed by atoms with van der Waals surface area (Å²) in [5.41, 5.74) is 1.89. The van der Waals surface area contributed by atoms with Crippen molar-refractivity contribution in [2.45, 2.75) is 31.5 Å². The molecule has 0 aromatic heterocycles. The van der Waals surface area contributed by atoms with Gasteiger partial charge in [-0.2, -0.15) is 0 Å². The molecule has 3 N–H and O–H groups in total. The smallest absolute Gasteiger partial charge is 0.119 e. The molecule has 27 heavy (non-hydrogen) atoms. The Bertz CT molecular complexity index is 625. The molecule has 0 aliphatic rings. The number of rotatable bonds is 10. The third kappa shape index (κ3) is 5.92. The minimum atomic E-state index is -1.11. The summed E-state index contributed by atoms with van der Waals surface area (Å²) in [5, 5.41) is 27.4. The zero-order valence-electron chi connectivity index (χ0n) is 15.6. The topological polar surface area (TPSA) is 79.2 Å². The summed E-state index contributed by atoms with van der Waals surface area (Å²) in [6, 6.07) is 15.1. The molecule has 0 fully saturated rings. The van der Waals surface area contributed by atoms with Gasteiger partial charge in [0.05, 0.1) is 6.61 Å². The third-order valence-corrected chi connectivity index (χ3v) is 4.43. The number of hydrogen-bond acceptors (Lipinski definition) is 5. The Kier molecular flexibility index (Phi) is 7.59. The minimum Gasteiger partial charge on any atom is -0.491 e. The number of alkyl halides is 1. The van der Waals surface area contributed by atoms with Gasteiger partial charge in [0.25, 0.3) is 0 Å². The quantitative estimate of drug-likeness (QED) is 0.592. The van der Waals surface area contributed by atoms with Crippen molar-refractivity contribution in [3.63, 3.8) is 0 Å². The van der Waals surface area contributed by atoms with Gasteiger partial charge in [-0.05, 0) is 35.4 Å². The van der Waals surface area contributed by atoms with Crippen molar-refractivity contribution < 1.29 is 29.2 Å². The number of halogens is 1. The molecule has 0 aliphatic heterocycles. The first-order chi connectivity index (χ1) is 12.9. The first-order valence-electron chi connectivity index (χ1n) is 8.86. The number of benzene rings is 2. The van der Waals surface area contributed by atoms with Gasteiger partial charge in [0.1, 0.15) is 43.6 Å². The van der Waals surface area contributed by atoms with Gasteiger partial charge in [0.2, 0.25) is 0 Å². The van der Waals surface area contributed by atoms with Gasteiger partial charge < -0.3 is 24.8 Å². The fourth-order valence-electron chi connectivity index (χ4n) is 2.58. The summed E-state index contributed by atoms with van der Waals surface area (Å²) in [7, 11) is 0. The van der Waals surface area contributed by atoms with E-state index in [1.165, 1.54) is 0 Å². The highest BCUT2D eigenvalue weighted by Gasteiger charge is 2.23. The van der Waals surface area contributed by atoms with E-state index < -0.39 is 18.9 Å². The molecule has 0 bridgehead atoms. The van der Waals surface area contributed by atoms with Gasteiger partial charge in [0.15, 0.2) is 0 Å². The van der Waals surface area contributed by atoms with Crippen LogP contribution >= 0.6 is 0 Å². The molecule has 2 rings (SSSR count). The number of aliphatic hydroxyl groups is 3. The van der Waals surface area contributed by atoms with Gasteiger partial charge in [-0.25, -0.2) is 4.39 Å². The average Bonchev–Trinajstić information content (AvgIpc) is 2.70. The maximum atomic E-state index is 12.3. The Labute approximate surface area is 159 Å². The van der Waals surface area contributed by atoms with E-state index in [0.717, 1.165) is 11.1 Å². The molecule has 148 valence electrons. The Hall–Kier alpha value is -2.15. The second-order valence-electron chi connectivity index (χ2n) is 6.94. The second-order valence-corrected chi connectivity index (χ2v) is 6.94. The van der Waals surface area contributed by atoms with Crippen LogP contribution in [0.15, 0.2) is 48.5 Å². The first-order valence-corrected chi connectivity index (χ1v) is 8.86. The Morgan fingerprint density at radius 2 is 1.22 bits per heavy atom. The summed E-state index contributed by atoms with van der Waals surface area (Å²) in [6.45, 7) is 2.99. The molecule has 0 spiro atoms. The zero-order valence-corrected chi connectivity index (χ0v) is 15.6. The lowest BCUT2D eigenvalue weighted by atomic mass is 9.78. The van der Waals surface area contributed by atoms with E-state index in [2.05, 4.69) is 13.8 Å². The van der Waals surface area contributed by atoms with E-state index in [0.29, 0.717) is 11.5 Å². The van der Waals surface area contributed by atoms with Crippen molar-refractivity contribution in [2.24, 2.45) is 0 Å². The molecule has 0 saturated carbocycles. The molecule has 6 heteroatoms. The summed E-state index contributed by atoms with van der Waals surface area (Å²) in [5.74, 6) is 1.20. The minimum absolute atomic E-state index is 0.0395. The highest BCUT2D eigenvalue weighted by atomic mass is 19.1. The van der Waals surface area contributed by atoms with Gasteiger partial charge in [-0.1, -0.05) is 38.1 Å². The van der Waals surface area contributed by atoms with E-state index in [-0.39, 0.29) is 25.2 Å². The van der Waals surface area contributed by atoms with E-state index in [4.69, 9.17) is 14.6 Å². The largest absolute Gasteiger partial charge is 0.491 e. The number of hydrogen-bond donors (Lipinski definition) is 3. The second kappa shape index (κ2) is 9.69. The maximum absolute atomic E-state index is 12.3. The lowest BCUT2D eigenvalue weighted by molar-refractivity contribution is 0.0536. The predicted molar refractivity (Wildman–Crippen MR) is 101 cm³/mol. The molecule has 0 aliphatic carbocycles. The van der Waals surface area contributed by atoms with Crippen molar-refractivity contribution in [2.75, 3.05) is 26.5 Å². The summed E-state index contributed by atoms with van der Waals surface area (Å²) >= 11 is 0. The van der Waals surface area contributed by atoms with Gasteiger partial charge in [-0.15, -0.1) is 0 Å². The van der Waals surface area contributed by atoms with Crippen LogP contribution in [0.5, 0.6) is 11.5 Å². The van der Waals surface area contributed by atoms with Crippen molar-refractivity contribution in [3.05, 3.63) is 59.7 Å². The van der Waals surface area contributed by atoms with Crippen LogP contribution in [0.1, 0.15) is 25.0 Å². The molecular weight excluding hydrogens is 351 g/mol. The Balaban J connectivity index is 2.04. The molecule has 0 saturated heterocycles. The van der Waals surface area contributed by atoms with Crippen LogP contribution in [-0.2, 0) is 5.41 Å². The van der Waals surface area contributed by atoms with Crippen LogP contribution in [0.2, 0.25) is 0 Å². The fourth-order valence-corrected chi connectivity index (χ4v) is 2.58. The zero-order chi connectivity index (χ0) is 19.9. The van der Waals surface area contributed by atoms with Crippen molar-refractivity contribution in [3.8, 4) is 11.5 Å². The standard InChI is InChI=1S/C21H27FO5/c1-21(2,15-3-7-19(8-4-15)26-13-17(24)11-22)16-5-9-20(10-6-16)27-14-18(25)12-23/h3-10,17-18,23-25H,11-14H2,1-2H3/t17-,18-/m0/s1. The van der Waals surface area contributed by atoms with Crippen molar-refractivity contribution in [1.82, 2.24) is 0 Å². The van der Waals surface area contributed by atoms with Gasteiger partial charge in [-0.3, -0.25) is 0 Å². The van der Waals surface area contributed by atoms with Crippen LogP contribution in [0.4, 0.5) is 4.39 Å². The van der Waals surface area contributed by atoms with Crippen LogP contribution in [0.3, 0.4) is 0 Å². The third-order valence-electron chi connectivity index (χ3n) is 4.43. The highest BCUT2D eigenvalue weighted by Crippen LogP contribution is 2.33. The molecular formula is C21H27FO5. The molecule has 0 amide bonds. The van der Waals surface area contributed by atoms with Crippen molar-refractivity contribution in [1.29, 1.82) is 0 Å². The van der Waals surface area contributed by atoms with E-state index >= 15 is 0 Å². The molecule has 5 nitrogen and oxygen atoms in total. The van der Waals surface area contributed by atoms with E-state index in [1.54, 1.807) is 12.1 Å².